The Morgan fingerprint density at radius 3 is 2.71 bits per heavy atom. The molecule has 2 rings (SSSR count). The molecule has 0 aliphatic heterocycles. The van der Waals surface area contributed by atoms with E-state index in [9.17, 15) is 5.11 Å². The minimum atomic E-state index is -0.0865. The summed E-state index contributed by atoms with van der Waals surface area (Å²) in [7, 11) is 0. The van der Waals surface area contributed by atoms with Crippen LogP contribution < -0.4 is 10.6 Å². The van der Waals surface area contributed by atoms with Crippen molar-refractivity contribution in [2.75, 3.05) is 23.8 Å². The fourth-order valence-corrected chi connectivity index (χ4v) is 2.62. The minimum absolute atomic E-state index is 0.0865. The molecule has 21 heavy (non-hydrogen) atoms. The van der Waals surface area contributed by atoms with Crippen molar-refractivity contribution in [1.29, 1.82) is 5.26 Å². The van der Waals surface area contributed by atoms with Crippen LogP contribution in [-0.2, 0) is 0 Å². The lowest BCUT2D eigenvalue weighted by Crippen LogP contribution is -2.23. The van der Waals surface area contributed by atoms with E-state index in [2.05, 4.69) is 9.97 Å². The third-order valence-electron chi connectivity index (χ3n) is 2.67. The van der Waals surface area contributed by atoms with E-state index < -0.39 is 0 Å². The molecule has 0 saturated carbocycles. The Bertz CT molecular complexity index is 683. The molecule has 3 N–H and O–H groups in total. The predicted octanol–water partition coefficient (Wildman–Crippen LogP) is 2.32. The van der Waals surface area contributed by atoms with E-state index in [4.69, 9.17) is 22.6 Å². The van der Waals surface area contributed by atoms with Gasteiger partial charge in [0.2, 0.25) is 5.95 Å². The van der Waals surface area contributed by atoms with Crippen LogP contribution in [0.3, 0.4) is 0 Å². The van der Waals surface area contributed by atoms with Gasteiger partial charge < -0.3 is 15.7 Å². The SMILES string of the molecule is N#Cc1ccc(N(CCO)c2cc(I)nc(N)n2)c(Cl)c1. The maximum absolute atomic E-state index is 9.28. The van der Waals surface area contributed by atoms with Crippen LogP contribution >= 0.6 is 34.2 Å². The van der Waals surface area contributed by atoms with E-state index in [1.165, 1.54) is 0 Å². The van der Waals surface area contributed by atoms with Crippen molar-refractivity contribution in [2.45, 2.75) is 0 Å². The summed E-state index contributed by atoms with van der Waals surface area (Å²) in [4.78, 5) is 9.90. The highest BCUT2D eigenvalue weighted by Gasteiger charge is 2.15. The summed E-state index contributed by atoms with van der Waals surface area (Å²) in [6.07, 6.45) is 0. The van der Waals surface area contributed by atoms with Crippen molar-refractivity contribution < 1.29 is 5.11 Å². The number of hydrogen-bond donors (Lipinski definition) is 2. The second-order valence-electron chi connectivity index (χ2n) is 4.06. The molecule has 0 unspecified atom stereocenters. The Hall–Kier alpha value is -1.63. The molecule has 1 heterocycles. The van der Waals surface area contributed by atoms with Gasteiger partial charge >= 0.3 is 0 Å². The van der Waals surface area contributed by atoms with Gasteiger partial charge in [-0.25, -0.2) is 4.98 Å². The smallest absolute Gasteiger partial charge is 0.222 e. The van der Waals surface area contributed by atoms with Crippen LogP contribution in [0.1, 0.15) is 5.56 Å². The zero-order chi connectivity index (χ0) is 15.4. The number of nitrogens with zero attached hydrogens (tertiary/aromatic N) is 4. The second kappa shape index (κ2) is 6.89. The molecule has 6 nitrogen and oxygen atoms in total. The van der Waals surface area contributed by atoms with Gasteiger partial charge in [-0.15, -0.1) is 0 Å². The van der Waals surface area contributed by atoms with Crippen molar-refractivity contribution >= 4 is 51.6 Å². The number of nitrogens with two attached hydrogens (primary N) is 1. The number of aliphatic hydroxyl groups is 1. The second-order valence-corrected chi connectivity index (χ2v) is 5.57. The Kier molecular flexibility index (Phi) is 5.17. The third-order valence-corrected chi connectivity index (χ3v) is 3.52. The Balaban J connectivity index is 2.50. The molecule has 0 saturated heterocycles. The first-order chi connectivity index (χ1) is 10.0. The van der Waals surface area contributed by atoms with Crippen LogP contribution in [0, 0.1) is 15.0 Å². The molecule has 0 radical (unpaired) electrons. The summed E-state index contributed by atoms with van der Waals surface area (Å²) < 4.78 is 0.683. The van der Waals surface area contributed by atoms with E-state index in [-0.39, 0.29) is 19.1 Å². The summed E-state index contributed by atoms with van der Waals surface area (Å²) in [5.74, 6) is 0.678. The fraction of sp³-hybridized carbons (Fsp3) is 0.154. The largest absolute Gasteiger partial charge is 0.395 e. The molecule has 2 aromatic rings. The van der Waals surface area contributed by atoms with Crippen molar-refractivity contribution in [3.05, 3.63) is 38.6 Å². The first-order valence-corrected chi connectivity index (χ1v) is 7.39. The lowest BCUT2D eigenvalue weighted by atomic mass is 10.2. The molecule has 0 atom stereocenters. The van der Waals surface area contributed by atoms with Crippen molar-refractivity contribution in [2.24, 2.45) is 0 Å². The zero-order valence-electron chi connectivity index (χ0n) is 10.8. The number of hydrogen-bond acceptors (Lipinski definition) is 6. The summed E-state index contributed by atoms with van der Waals surface area (Å²) in [5, 5.41) is 18.6. The molecule has 108 valence electrons. The number of nitriles is 1. The molecule has 0 amide bonds. The molecule has 1 aromatic carbocycles. The van der Waals surface area contributed by atoms with E-state index in [1.807, 2.05) is 28.7 Å². The van der Waals surface area contributed by atoms with E-state index in [0.29, 0.717) is 25.8 Å². The Labute approximate surface area is 140 Å². The number of halogens is 2. The van der Waals surface area contributed by atoms with E-state index >= 15 is 0 Å². The Morgan fingerprint density at radius 1 is 1.38 bits per heavy atom. The number of aromatic nitrogens is 2. The number of aliphatic hydroxyl groups excluding tert-OH is 1. The standard InChI is InChI=1S/C13H11ClIN5O/c14-9-5-8(7-16)1-2-10(9)20(3-4-21)12-6-11(15)18-13(17)19-12/h1-2,5-6,21H,3-4H2,(H2,17,18,19). The van der Waals surface area contributed by atoms with Gasteiger partial charge in [0.1, 0.15) is 9.52 Å². The zero-order valence-corrected chi connectivity index (χ0v) is 13.7. The van der Waals surface area contributed by atoms with Crippen LogP contribution in [0.4, 0.5) is 17.5 Å². The fourth-order valence-electron chi connectivity index (χ4n) is 1.81. The number of benzene rings is 1. The first-order valence-electron chi connectivity index (χ1n) is 5.93. The van der Waals surface area contributed by atoms with Gasteiger partial charge in [0.05, 0.1) is 28.9 Å². The van der Waals surface area contributed by atoms with Crippen molar-refractivity contribution in [3.63, 3.8) is 0 Å². The highest BCUT2D eigenvalue weighted by molar-refractivity contribution is 14.1. The molecule has 0 aliphatic carbocycles. The van der Waals surface area contributed by atoms with Gasteiger partial charge in [-0.2, -0.15) is 10.2 Å². The summed E-state index contributed by atoms with van der Waals surface area (Å²) in [6.45, 7) is 0.203. The molecular weight excluding hydrogens is 405 g/mol. The average Bonchev–Trinajstić information content (AvgIpc) is 2.44. The van der Waals surface area contributed by atoms with Gasteiger partial charge in [0.25, 0.3) is 0 Å². The number of nitrogen functional groups attached to an aromatic ring is 1. The normalized spacial score (nSPS) is 10.2. The van der Waals surface area contributed by atoms with E-state index in [0.717, 1.165) is 0 Å². The molecule has 0 bridgehead atoms. The lowest BCUT2D eigenvalue weighted by Gasteiger charge is -2.24. The Morgan fingerprint density at radius 2 is 2.14 bits per heavy atom. The van der Waals surface area contributed by atoms with Gasteiger partial charge in [-0.3, -0.25) is 0 Å². The van der Waals surface area contributed by atoms with E-state index in [1.54, 1.807) is 29.2 Å². The van der Waals surface area contributed by atoms with Crippen LogP contribution in [0.2, 0.25) is 5.02 Å². The minimum Gasteiger partial charge on any atom is -0.395 e. The number of rotatable bonds is 4. The highest BCUT2D eigenvalue weighted by atomic mass is 127. The summed E-state index contributed by atoms with van der Waals surface area (Å²) >= 11 is 8.25. The van der Waals surface area contributed by atoms with Crippen LogP contribution in [-0.4, -0.2) is 28.2 Å². The monoisotopic (exact) mass is 415 g/mol. The predicted molar refractivity (Wildman–Crippen MR) is 89.4 cm³/mol. The maximum Gasteiger partial charge on any atom is 0.222 e. The van der Waals surface area contributed by atoms with Crippen molar-refractivity contribution in [3.8, 4) is 6.07 Å². The van der Waals surface area contributed by atoms with Crippen LogP contribution in [0.15, 0.2) is 24.3 Å². The third kappa shape index (κ3) is 3.72. The van der Waals surface area contributed by atoms with Crippen LogP contribution in [0.5, 0.6) is 0 Å². The van der Waals surface area contributed by atoms with Crippen molar-refractivity contribution in [1.82, 2.24) is 9.97 Å². The first kappa shape index (κ1) is 15.8. The highest BCUT2D eigenvalue weighted by Crippen LogP contribution is 2.32. The molecule has 0 fully saturated rings. The average molecular weight is 416 g/mol. The maximum atomic E-state index is 9.28. The van der Waals surface area contributed by atoms with Gasteiger partial charge in [0.15, 0.2) is 0 Å². The quantitative estimate of drug-likeness (QED) is 0.587. The molecular formula is C13H11ClIN5O. The molecule has 0 spiro atoms. The number of anilines is 3. The summed E-state index contributed by atoms with van der Waals surface area (Å²) in [6, 6.07) is 8.69. The van der Waals surface area contributed by atoms with Crippen LogP contribution in [0.25, 0.3) is 0 Å². The molecule has 1 aromatic heterocycles. The van der Waals surface area contributed by atoms with Gasteiger partial charge in [0, 0.05) is 12.6 Å². The summed E-state index contributed by atoms with van der Waals surface area (Å²) in [5.41, 5.74) is 6.76. The topological polar surface area (TPSA) is 99.1 Å². The molecule has 0 aliphatic rings. The molecule has 8 heteroatoms. The van der Waals surface area contributed by atoms with Gasteiger partial charge in [-0.05, 0) is 40.8 Å². The van der Waals surface area contributed by atoms with Gasteiger partial charge in [-0.1, -0.05) is 11.6 Å². The lowest BCUT2D eigenvalue weighted by molar-refractivity contribution is 0.305.